The number of rotatable bonds is 14. The zero-order valence-electron chi connectivity index (χ0n) is 15.4. The monoisotopic (exact) mass is 334 g/mol. The average molecular weight is 335 g/mol. The molecule has 4 N–H and O–H groups in total. The molecule has 0 radical (unpaired) electrons. The molecule has 0 bridgehead atoms. The molecule has 0 fully saturated rings. The molecule has 0 saturated carbocycles. The summed E-state index contributed by atoms with van der Waals surface area (Å²) >= 11 is 0. The Morgan fingerprint density at radius 1 is 0.792 bits per heavy atom. The summed E-state index contributed by atoms with van der Waals surface area (Å²) in [6.45, 7) is 3.93. The van der Waals surface area contributed by atoms with Crippen molar-refractivity contribution in [2.45, 2.75) is 78.1 Å². The van der Waals surface area contributed by atoms with E-state index >= 15 is 0 Å². The number of carbonyl (C=O) groups excluding carboxylic acids is 2. The van der Waals surface area contributed by atoms with E-state index in [0.29, 0.717) is 5.57 Å². The summed E-state index contributed by atoms with van der Waals surface area (Å²) in [5.41, 5.74) is 11.2. The lowest BCUT2D eigenvalue weighted by molar-refractivity contribution is -0.114. The Balaban J connectivity index is 4.04. The number of nitrogens with two attached hydrogens (primary N) is 2. The summed E-state index contributed by atoms with van der Waals surface area (Å²) in [6.07, 6.45) is 19.1. The lowest BCUT2D eigenvalue weighted by Crippen LogP contribution is -2.16. The van der Waals surface area contributed by atoms with Gasteiger partial charge in [-0.3, -0.25) is 9.59 Å². The van der Waals surface area contributed by atoms with Crippen LogP contribution in [0, 0.1) is 0 Å². The van der Waals surface area contributed by atoms with E-state index in [0.717, 1.165) is 12.8 Å². The Labute approximate surface area is 147 Å². The van der Waals surface area contributed by atoms with Gasteiger partial charge in [-0.1, -0.05) is 76.5 Å². The number of carbonyl (C=O) groups is 2. The second kappa shape index (κ2) is 14.7. The molecule has 0 unspecified atom stereocenters. The van der Waals surface area contributed by atoms with Crippen LogP contribution in [0.1, 0.15) is 78.1 Å². The van der Waals surface area contributed by atoms with Crippen molar-refractivity contribution in [1.82, 2.24) is 0 Å². The minimum Gasteiger partial charge on any atom is -0.366 e. The first-order valence-corrected chi connectivity index (χ1v) is 9.17. The van der Waals surface area contributed by atoms with Crippen LogP contribution in [0.25, 0.3) is 0 Å². The Morgan fingerprint density at radius 2 is 1.29 bits per heavy atom. The van der Waals surface area contributed by atoms with Crippen molar-refractivity contribution in [2.75, 3.05) is 0 Å². The van der Waals surface area contributed by atoms with Crippen molar-refractivity contribution in [3.05, 3.63) is 35.5 Å². The van der Waals surface area contributed by atoms with E-state index in [1.54, 1.807) is 19.1 Å². The molecule has 0 rings (SSSR count). The molecule has 24 heavy (non-hydrogen) atoms. The van der Waals surface area contributed by atoms with Crippen molar-refractivity contribution in [2.24, 2.45) is 11.5 Å². The molecule has 4 nitrogen and oxygen atoms in total. The predicted octanol–water partition coefficient (Wildman–Crippen LogP) is 4.31. The topological polar surface area (TPSA) is 86.2 Å². The molecule has 0 saturated heterocycles. The summed E-state index contributed by atoms with van der Waals surface area (Å²) in [7, 11) is 0. The lowest BCUT2D eigenvalue weighted by atomic mass is 10.1. The van der Waals surface area contributed by atoms with Crippen molar-refractivity contribution < 1.29 is 9.59 Å². The fraction of sp³-hybridized carbons (Fsp3) is 0.600. The molecule has 0 spiro atoms. The van der Waals surface area contributed by atoms with E-state index in [2.05, 4.69) is 6.92 Å². The highest BCUT2D eigenvalue weighted by Gasteiger charge is 2.05. The minimum atomic E-state index is -0.566. The van der Waals surface area contributed by atoms with Gasteiger partial charge >= 0.3 is 0 Å². The van der Waals surface area contributed by atoms with Gasteiger partial charge in [0.05, 0.1) is 0 Å². The van der Waals surface area contributed by atoms with Crippen LogP contribution in [-0.4, -0.2) is 11.8 Å². The lowest BCUT2D eigenvalue weighted by Gasteiger charge is -2.01. The van der Waals surface area contributed by atoms with Crippen molar-refractivity contribution in [1.29, 1.82) is 0 Å². The molecule has 2 amide bonds. The summed E-state index contributed by atoms with van der Waals surface area (Å²) < 4.78 is 0. The Kier molecular flexibility index (Phi) is 13.6. The highest BCUT2D eigenvalue weighted by Crippen LogP contribution is 2.11. The maximum atomic E-state index is 11.4. The van der Waals surface area contributed by atoms with Gasteiger partial charge in [-0.05, 0) is 25.8 Å². The van der Waals surface area contributed by atoms with Crippen LogP contribution in [0.4, 0.5) is 0 Å². The van der Waals surface area contributed by atoms with Crippen molar-refractivity contribution >= 4 is 11.8 Å². The van der Waals surface area contributed by atoms with Crippen LogP contribution in [0.2, 0.25) is 0 Å². The average Bonchev–Trinajstić information content (AvgIpc) is 2.54. The summed E-state index contributed by atoms with van der Waals surface area (Å²) in [4.78, 5) is 22.6. The SMILES string of the molecule is CC=C(C=C(C=CCCCCCCCCCCC)C(N)=O)C(N)=O. The molecule has 136 valence electrons. The molecular weight excluding hydrogens is 300 g/mol. The van der Waals surface area contributed by atoms with Crippen molar-refractivity contribution in [3.8, 4) is 0 Å². The number of primary amides is 2. The fourth-order valence-corrected chi connectivity index (χ4v) is 2.45. The fourth-order valence-electron chi connectivity index (χ4n) is 2.45. The molecule has 0 aliphatic heterocycles. The zero-order chi connectivity index (χ0) is 18.2. The standard InChI is InChI=1S/C20H34N2O2/c1-3-5-6-7-8-9-10-11-12-13-14-15-18(20(22)24)16-17(4-2)19(21)23/h4,14-16H,3,5-13H2,1-2H3,(H2,21,23)(H2,22,24). The van der Waals surface area contributed by atoms with Gasteiger partial charge < -0.3 is 11.5 Å². The largest absolute Gasteiger partial charge is 0.366 e. The number of unbranched alkanes of at least 4 members (excludes halogenated alkanes) is 9. The second-order valence-corrected chi connectivity index (χ2v) is 6.09. The van der Waals surface area contributed by atoms with E-state index in [-0.39, 0.29) is 5.57 Å². The van der Waals surface area contributed by atoms with Crippen LogP contribution >= 0.6 is 0 Å². The van der Waals surface area contributed by atoms with Gasteiger partial charge in [0.2, 0.25) is 11.8 Å². The van der Waals surface area contributed by atoms with E-state index in [1.807, 2.05) is 6.08 Å². The van der Waals surface area contributed by atoms with Gasteiger partial charge in [0.15, 0.2) is 0 Å². The molecule has 0 aliphatic carbocycles. The maximum Gasteiger partial charge on any atom is 0.248 e. The zero-order valence-corrected chi connectivity index (χ0v) is 15.4. The van der Waals surface area contributed by atoms with Gasteiger partial charge in [-0.15, -0.1) is 0 Å². The first-order valence-electron chi connectivity index (χ1n) is 9.17. The summed E-state index contributed by atoms with van der Waals surface area (Å²) in [5.74, 6) is -1.12. The molecule has 0 aromatic heterocycles. The minimum absolute atomic E-state index is 0.288. The number of allylic oxidation sites excluding steroid dienone is 2. The normalized spacial score (nSPS) is 12.8. The highest BCUT2D eigenvalue weighted by atomic mass is 16.1. The highest BCUT2D eigenvalue weighted by molar-refractivity contribution is 6.00. The number of amides is 2. The van der Waals surface area contributed by atoms with E-state index in [9.17, 15) is 9.59 Å². The third kappa shape index (κ3) is 11.7. The quantitative estimate of drug-likeness (QED) is 0.282. The molecular formula is C20H34N2O2. The number of hydrogen-bond acceptors (Lipinski definition) is 2. The van der Waals surface area contributed by atoms with Crippen molar-refractivity contribution in [3.63, 3.8) is 0 Å². The molecule has 0 aromatic carbocycles. The van der Waals surface area contributed by atoms with Gasteiger partial charge in [0.25, 0.3) is 0 Å². The van der Waals surface area contributed by atoms with Crippen LogP contribution in [0.3, 0.4) is 0 Å². The van der Waals surface area contributed by atoms with E-state index < -0.39 is 11.8 Å². The third-order valence-corrected chi connectivity index (χ3v) is 3.96. The smallest absolute Gasteiger partial charge is 0.248 e. The molecule has 0 atom stereocenters. The summed E-state index contributed by atoms with van der Waals surface area (Å²) in [5, 5.41) is 0. The van der Waals surface area contributed by atoms with E-state index in [4.69, 9.17) is 11.5 Å². The van der Waals surface area contributed by atoms with Crippen LogP contribution in [0.5, 0.6) is 0 Å². The third-order valence-electron chi connectivity index (χ3n) is 3.96. The molecule has 0 heterocycles. The van der Waals surface area contributed by atoms with Gasteiger partial charge in [-0.2, -0.15) is 0 Å². The second-order valence-electron chi connectivity index (χ2n) is 6.09. The first-order chi connectivity index (χ1) is 11.5. The van der Waals surface area contributed by atoms with Crippen LogP contribution < -0.4 is 11.5 Å². The Morgan fingerprint density at radius 3 is 1.75 bits per heavy atom. The van der Waals surface area contributed by atoms with Crippen LogP contribution in [0.15, 0.2) is 35.5 Å². The molecule has 4 heteroatoms. The Bertz CT molecular complexity index is 462. The van der Waals surface area contributed by atoms with Crippen LogP contribution in [-0.2, 0) is 9.59 Å². The van der Waals surface area contributed by atoms with E-state index in [1.165, 1.54) is 57.4 Å². The molecule has 0 aromatic rings. The van der Waals surface area contributed by atoms with Gasteiger partial charge in [-0.25, -0.2) is 0 Å². The van der Waals surface area contributed by atoms with Gasteiger partial charge in [0.1, 0.15) is 0 Å². The Hall–Kier alpha value is -1.84. The maximum absolute atomic E-state index is 11.4. The predicted molar refractivity (Wildman–Crippen MR) is 101 cm³/mol. The molecule has 0 aliphatic rings. The number of hydrogen-bond donors (Lipinski definition) is 2. The first kappa shape index (κ1) is 22.2. The summed E-state index contributed by atoms with van der Waals surface area (Å²) in [6, 6.07) is 0. The van der Waals surface area contributed by atoms with Gasteiger partial charge in [0, 0.05) is 11.1 Å².